The van der Waals surface area contributed by atoms with E-state index in [9.17, 15) is 20.4 Å². The maximum Gasteiger partial charge on any atom is 0.163 e. The fourth-order valence-electron chi connectivity index (χ4n) is 3.84. The molecule has 1 aromatic heterocycles. The minimum absolute atomic E-state index is 0.497. The summed E-state index contributed by atoms with van der Waals surface area (Å²) in [6.07, 6.45) is -3.75. The van der Waals surface area contributed by atoms with E-state index in [0.29, 0.717) is 23.7 Å². The Labute approximate surface area is 200 Å². The monoisotopic (exact) mass is 494 g/mol. The Balaban J connectivity index is 1.65. The molecule has 2 aromatic carbocycles. The third-order valence-electron chi connectivity index (χ3n) is 5.58. The Morgan fingerprint density at radius 2 is 1.82 bits per heavy atom. The minimum atomic E-state index is -1.47. The van der Waals surface area contributed by atoms with Gasteiger partial charge in [-0.05, 0) is 49.4 Å². The van der Waals surface area contributed by atoms with Crippen LogP contribution in [0.3, 0.4) is 0 Å². The molecule has 1 fully saturated rings. The number of hydrogen-bond donors (Lipinski definition) is 5. The van der Waals surface area contributed by atoms with Crippen LogP contribution in [0.2, 0.25) is 5.02 Å². The van der Waals surface area contributed by atoms with Gasteiger partial charge in [0.05, 0.1) is 23.8 Å². The van der Waals surface area contributed by atoms with Gasteiger partial charge in [0.25, 0.3) is 0 Å². The van der Waals surface area contributed by atoms with Crippen molar-refractivity contribution in [2.75, 3.05) is 19.8 Å². The Morgan fingerprint density at radius 3 is 2.52 bits per heavy atom. The van der Waals surface area contributed by atoms with Crippen molar-refractivity contribution >= 4 is 34.3 Å². The van der Waals surface area contributed by atoms with E-state index in [0.717, 1.165) is 27.3 Å². The van der Waals surface area contributed by atoms with E-state index in [2.05, 4.69) is 0 Å². The lowest BCUT2D eigenvalue weighted by Crippen LogP contribution is -2.56. The van der Waals surface area contributed by atoms with Crippen molar-refractivity contribution in [3.63, 3.8) is 0 Å². The number of nitrogens with two attached hydrogens (primary N) is 1. The van der Waals surface area contributed by atoms with Crippen LogP contribution in [0, 0.1) is 0 Å². The summed E-state index contributed by atoms with van der Waals surface area (Å²) in [7, 11) is 0. The second-order valence-corrected chi connectivity index (χ2v) is 9.34. The van der Waals surface area contributed by atoms with Gasteiger partial charge in [0.1, 0.15) is 30.2 Å². The van der Waals surface area contributed by atoms with E-state index >= 15 is 0 Å². The lowest BCUT2D eigenvalue weighted by atomic mass is 9.98. The molecule has 0 bridgehead atoms. The van der Waals surface area contributed by atoms with Crippen LogP contribution in [-0.4, -0.2) is 69.2 Å². The molecule has 8 nitrogen and oxygen atoms in total. The fourth-order valence-corrected chi connectivity index (χ4v) is 5.17. The molecular weight excluding hydrogens is 468 g/mol. The largest absolute Gasteiger partial charge is 0.494 e. The highest BCUT2D eigenvalue weighted by Gasteiger charge is 2.44. The molecule has 0 spiro atoms. The average Bonchev–Trinajstić information content (AvgIpc) is 3.18. The molecule has 0 unspecified atom stereocenters. The molecular formula is C23H27ClN2O6S. The quantitative estimate of drug-likeness (QED) is 0.301. The van der Waals surface area contributed by atoms with E-state index in [1.54, 1.807) is 22.9 Å². The maximum absolute atomic E-state index is 10.6. The van der Waals surface area contributed by atoms with Crippen molar-refractivity contribution in [1.29, 1.82) is 0 Å². The van der Waals surface area contributed by atoms with Crippen LogP contribution in [0.25, 0.3) is 10.9 Å². The van der Waals surface area contributed by atoms with Crippen LogP contribution in [0.15, 0.2) is 58.5 Å². The summed E-state index contributed by atoms with van der Waals surface area (Å²) in [4.78, 5) is 1.78. The number of ether oxygens (including phenoxy) is 2. The summed E-state index contributed by atoms with van der Waals surface area (Å²) in [6.45, 7) is 0.640. The Hall–Kier alpha value is -1.82. The predicted octanol–water partition coefficient (Wildman–Crippen LogP) is 2.15. The van der Waals surface area contributed by atoms with Crippen LogP contribution in [0.5, 0.6) is 5.75 Å². The number of fused-ring (bicyclic) bond motifs is 1. The normalized spacial score (nSPS) is 25.5. The molecule has 6 N–H and O–H groups in total. The summed E-state index contributed by atoms with van der Waals surface area (Å²) in [5, 5.41) is 41.8. The molecule has 5 atom stereocenters. The molecule has 33 heavy (non-hydrogen) atoms. The molecule has 2 heterocycles. The van der Waals surface area contributed by atoms with Crippen molar-refractivity contribution < 1.29 is 29.9 Å². The van der Waals surface area contributed by atoms with Gasteiger partial charge in [-0.25, -0.2) is 0 Å². The zero-order chi connectivity index (χ0) is 23.5. The first-order valence-corrected chi connectivity index (χ1v) is 11.8. The van der Waals surface area contributed by atoms with Gasteiger partial charge in [0.2, 0.25) is 0 Å². The van der Waals surface area contributed by atoms with E-state index in [4.69, 9.17) is 26.8 Å². The zero-order valence-electron chi connectivity index (χ0n) is 17.8. The highest BCUT2D eigenvalue weighted by molar-refractivity contribution is 7.99. The lowest BCUT2D eigenvalue weighted by molar-refractivity contribution is -0.250. The van der Waals surface area contributed by atoms with E-state index < -0.39 is 37.3 Å². The predicted molar refractivity (Wildman–Crippen MR) is 126 cm³/mol. The van der Waals surface area contributed by atoms with Gasteiger partial charge in [-0.2, -0.15) is 0 Å². The summed E-state index contributed by atoms with van der Waals surface area (Å²) in [5.74, 6) is 0.759. The van der Waals surface area contributed by atoms with Crippen LogP contribution >= 0.6 is 23.4 Å². The number of aliphatic hydroxyl groups is 4. The van der Waals surface area contributed by atoms with Gasteiger partial charge in [-0.1, -0.05) is 29.4 Å². The van der Waals surface area contributed by atoms with Crippen molar-refractivity contribution in [3.05, 3.63) is 53.7 Å². The molecule has 0 aliphatic carbocycles. The second kappa shape index (κ2) is 10.6. The first-order chi connectivity index (χ1) is 15.9. The maximum atomic E-state index is 10.6. The number of aromatic nitrogens is 1. The highest BCUT2D eigenvalue weighted by atomic mass is 35.5. The van der Waals surface area contributed by atoms with Gasteiger partial charge in [0.15, 0.2) is 6.23 Å². The van der Waals surface area contributed by atoms with Crippen molar-refractivity contribution in [1.82, 2.24) is 4.57 Å². The van der Waals surface area contributed by atoms with Crippen LogP contribution in [-0.2, 0) is 4.74 Å². The number of benzene rings is 2. The summed E-state index contributed by atoms with van der Waals surface area (Å²) in [6, 6.07) is 13.1. The minimum Gasteiger partial charge on any atom is -0.494 e. The SMILES string of the molecule is NCCCOc1ccc(Sc2cn([C@@H]3O[C@H](CO)[C@@H](O)[C@H](O)[C@H]3O)c3cccc(Cl)c23)cc1. The standard InChI is InChI=1S/C23H27ClN2O6S/c24-15-3-1-4-16-19(15)18(33-14-7-5-13(6-8-14)31-10-2-9-25)11-26(16)23-22(30)21(29)20(28)17(12-27)32-23/h1,3-8,11,17,20-23,27-30H,2,9-10,12,25H2/t17-,20-,21+,22-,23-/m1/s1. The Kier molecular flexibility index (Phi) is 7.83. The van der Waals surface area contributed by atoms with Crippen LogP contribution in [0.1, 0.15) is 12.6 Å². The van der Waals surface area contributed by atoms with E-state index in [1.165, 1.54) is 11.8 Å². The van der Waals surface area contributed by atoms with Gasteiger partial charge in [-0.3, -0.25) is 0 Å². The van der Waals surface area contributed by atoms with Crippen molar-refractivity contribution in [2.24, 2.45) is 5.73 Å². The molecule has 1 saturated heterocycles. The first kappa shape index (κ1) is 24.3. The van der Waals surface area contributed by atoms with Crippen LogP contribution in [0.4, 0.5) is 0 Å². The van der Waals surface area contributed by atoms with E-state index in [1.807, 2.05) is 30.3 Å². The molecule has 10 heteroatoms. The first-order valence-electron chi connectivity index (χ1n) is 10.6. The molecule has 1 aliphatic rings. The molecule has 1 aliphatic heterocycles. The third-order valence-corrected chi connectivity index (χ3v) is 6.93. The smallest absolute Gasteiger partial charge is 0.163 e. The topological polar surface area (TPSA) is 130 Å². The van der Waals surface area contributed by atoms with Crippen molar-refractivity contribution in [2.45, 2.75) is 46.9 Å². The third kappa shape index (κ3) is 5.01. The Morgan fingerprint density at radius 1 is 1.06 bits per heavy atom. The van der Waals surface area contributed by atoms with Crippen LogP contribution < -0.4 is 10.5 Å². The van der Waals surface area contributed by atoms with E-state index in [-0.39, 0.29) is 0 Å². The Bertz CT molecular complexity index is 1080. The van der Waals surface area contributed by atoms with Gasteiger partial charge >= 0.3 is 0 Å². The summed E-state index contributed by atoms with van der Waals surface area (Å²) in [5.41, 5.74) is 6.19. The zero-order valence-corrected chi connectivity index (χ0v) is 19.3. The molecule has 178 valence electrons. The molecule has 3 aromatic rings. The summed E-state index contributed by atoms with van der Waals surface area (Å²) < 4.78 is 13.1. The molecule has 0 saturated carbocycles. The molecule has 0 amide bonds. The molecule has 0 radical (unpaired) electrons. The number of hydrogen-bond acceptors (Lipinski definition) is 8. The van der Waals surface area contributed by atoms with Gasteiger partial charge in [-0.15, -0.1) is 0 Å². The lowest BCUT2D eigenvalue weighted by Gasteiger charge is -2.40. The molecule has 4 rings (SSSR count). The average molecular weight is 495 g/mol. The number of nitrogens with zero attached hydrogens (tertiary/aromatic N) is 1. The summed E-state index contributed by atoms with van der Waals surface area (Å²) >= 11 is 8.01. The van der Waals surface area contributed by atoms with Gasteiger partial charge in [0, 0.05) is 21.4 Å². The second-order valence-electron chi connectivity index (χ2n) is 7.82. The number of aliphatic hydroxyl groups excluding tert-OH is 4. The van der Waals surface area contributed by atoms with Crippen molar-refractivity contribution in [3.8, 4) is 5.75 Å². The number of halogens is 1. The fraction of sp³-hybridized carbons (Fsp3) is 0.391. The highest BCUT2D eigenvalue weighted by Crippen LogP contribution is 2.42. The van der Waals surface area contributed by atoms with Gasteiger partial charge < -0.3 is 40.2 Å². The number of rotatable bonds is 8.